The Morgan fingerprint density at radius 3 is 1.70 bits per heavy atom. The molecule has 1 aromatic heterocycles. The molecule has 0 unspecified atom stereocenters. The summed E-state index contributed by atoms with van der Waals surface area (Å²) in [5, 5.41) is 9.15. The third-order valence-corrected chi connectivity index (χ3v) is 4.33. The molecule has 114 valence electrons. The van der Waals surface area contributed by atoms with E-state index in [2.05, 4.69) is 10.2 Å². The second kappa shape index (κ2) is 6.62. The summed E-state index contributed by atoms with van der Waals surface area (Å²) in [5.74, 6) is -1.46. The Labute approximate surface area is 137 Å². The van der Waals surface area contributed by atoms with Crippen LogP contribution in [0.25, 0.3) is 0 Å². The van der Waals surface area contributed by atoms with E-state index in [-0.39, 0.29) is 11.6 Å². The van der Waals surface area contributed by atoms with Crippen LogP contribution >= 0.6 is 11.3 Å². The molecule has 0 radical (unpaired) electrons. The largest absolute Gasteiger partial charge is 0.293 e. The molecule has 0 aliphatic rings. The maximum Gasteiger partial charge on any atom is 0.180 e. The van der Waals surface area contributed by atoms with Crippen molar-refractivity contribution in [2.45, 2.75) is 12.8 Å². The van der Waals surface area contributed by atoms with E-state index < -0.39 is 5.92 Å². The van der Waals surface area contributed by atoms with Crippen molar-refractivity contribution in [2.24, 2.45) is 0 Å². The van der Waals surface area contributed by atoms with E-state index >= 15 is 0 Å². The van der Waals surface area contributed by atoms with E-state index in [1.54, 1.807) is 55.5 Å². The fraction of sp³-hybridized carbons (Fsp3) is 0.111. The van der Waals surface area contributed by atoms with Crippen molar-refractivity contribution in [3.05, 3.63) is 81.8 Å². The lowest BCUT2D eigenvalue weighted by molar-refractivity contribution is 0.0859. The Morgan fingerprint density at radius 2 is 1.30 bits per heavy atom. The summed E-state index contributed by atoms with van der Waals surface area (Å²) in [4.78, 5) is 25.8. The molecular weight excluding hydrogens is 308 g/mol. The van der Waals surface area contributed by atoms with Gasteiger partial charge in [0.25, 0.3) is 0 Å². The van der Waals surface area contributed by atoms with Gasteiger partial charge in [-0.2, -0.15) is 0 Å². The number of hydrogen-bond donors (Lipinski definition) is 0. The lowest BCUT2D eigenvalue weighted by Gasteiger charge is -2.12. The predicted molar refractivity (Wildman–Crippen MR) is 88.9 cm³/mol. The number of rotatable bonds is 5. The lowest BCUT2D eigenvalue weighted by atomic mass is 9.90. The molecule has 0 bridgehead atoms. The molecule has 0 saturated heterocycles. The van der Waals surface area contributed by atoms with Gasteiger partial charge >= 0.3 is 0 Å². The maximum absolute atomic E-state index is 12.9. The van der Waals surface area contributed by atoms with Gasteiger partial charge < -0.3 is 0 Å². The quantitative estimate of drug-likeness (QED) is 0.531. The first-order chi connectivity index (χ1) is 11.2. The molecule has 23 heavy (non-hydrogen) atoms. The Hall–Kier alpha value is -2.66. The number of aryl methyl sites for hydroxylation is 1. The van der Waals surface area contributed by atoms with E-state index in [0.717, 1.165) is 5.01 Å². The minimum absolute atomic E-state index is 0.254. The molecule has 0 fully saturated rings. The van der Waals surface area contributed by atoms with Crippen LogP contribution in [0, 0.1) is 6.92 Å². The number of Topliss-reactive ketones (excluding diaryl/α,β-unsaturated/α-hetero) is 2. The number of carbonyl (C=O) groups is 2. The minimum atomic E-state index is -0.953. The number of benzene rings is 2. The van der Waals surface area contributed by atoms with Crippen molar-refractivity contribution >= 4 is 22.9 Å². The molecule has 0 aliphatic heterocycles. The first-order valence-electron chi connectivity index (χ1n) is 7.15. The molecule has 5 heteroatoms. The number of hydrogen-bond acceptors (Lipinski definition) is 5. The summed E-state index contributed by atoms with van der Waals surface area (Å²) in [6.07, 6.45) is 0. The van der Waals surface area contributed by atoms with Crippen LogP contribution in [0.2, 0.25) is 0 Å². The molecule has 0 N–H and O–H groups in total. The highest BCUT2D eigenvalue weighted by Gasteiger charge is 2.33. The van der Waals surface area contributed by atoms with Gasteiger partial charge in [-0.3, -0.25) is 9.59 Å². The van der Waals surface area contributed by atoms with Gasteiger partial charge in [-0.25, -0.2) is 0 Å². The van der Waals surface area contributed by atoms with Crippen molar-refractivity contribution in [3.8, 4) is 0 Å². The van der Waals surface area contributed by atoms with Crippen molar-refractivity contribution in [3.63, 3.8) is 0 Å². The predicted octanol–water partition coefficient (Wildman–Crippen LogP) is 3.70. The zero-order valence-corrected chi connectivity index (χ0v) is 13.3. The van der Waals surface area contributed by atoms with Crippen LogP contribution in [0.15, 0.2) is 60.7 Å². The standard InChI is InChI=1S/C18H14N2O2S/c1-12-19-20-18(23-12)15(16(21)13-8-4-2-5-9-13)17(22)14-10-6-3-7-11-14/h2-11,15H,1H3. The second-order valence-electron chi connectivity index (χ2n) is 5.05. The van der Waals surface area contributed by atoms with Gasteiger partial charge in [0.1, 0.15) is 15.9 Å². The fourth-order valence-electron chi connectivity index (χ4n) is 2.31. The van der Waals surface area contributed by atoms with Gasteiger partial charge in [0.2, 0.25) is 0 Å². The van der Waals surface area contributed by atoms with Crippen molar-refractivity contribution < 1.29 is 9.59 Å². The molecule has 2 aromatic carbocycles. The molecule has 0 aliphatic carbocycles. The third kappa shape index (κ3) is 3.24. The molecule has 1 heterocycles. The Balaban J connectivity index is 2.04. The smallest absolute Gasteiger partial charge is 0.180 e. The van der Waals surface area contributed by atoms with E-state index in [9.17, 15) is 9.59 Å². The number of ketones is 2. The number of aromatic nitrogens is 2. The van der Waals surface area contributed by atoms with Crippen LogP contribution in [-0.2, 0) is 0 Å². The van der Waals surface area contributed by atoms with Gasteiger partial charge in [-0.05, 0) is 6.92 Å². The highest BCUT2D eigenvalue weighted by molar-refractivity contribution is 7.11. The molecule has 0 saturated carbocycles. The summed E-state index contributed by atoms with van der Waals surface area (Å²) in [6, 6.07) is 17.6. The van der Waals surface area contributed by atoms with Crippen molar-refractivity contribution in [1.82, 2.24) is 10.2 Å². The molecule has 0 spiro atoms. The Kier molecular flexibility index (Phi) is 4.39. The van der Waals surface area contributed by atoms with Crippen LogP contribution < -0.4 is 0 Å². The first-order valence-corrected chi connectivity index (χ1v) is 7.97. The average Bonchev–Trinajstić information content (AvgIpc) is 3.02. The van der Waals surface area contributed by atoms with Gasteiger partial charge in [0.15, 0.2) is 11.6 Å². The van der Waals surface area contributed by atoms with Gasteiger partial charge in [-0.15, -0.1) is 21.5 Å². The molecular formula is C18H14N2O2S. The molecule has 0 amide bonds. The summed E-state index contributed by atoms with van der Waals surface area (Å²) in [5.41, 5.74) is 0.990. The summed E-state index contributed by atoms with van der Waals surface area (Å²) in [7, 11) is 0. The second-order valence-corrected chi connectivity index (χ2v) is 6.27. The normalized spacial score (nSPS) is 10.7. The fourth-order valence-corrected chi connectivity index (χ4v) is 3.11. The average molecular weight is 322 g/mol. The van der Waals surface area contributed by atoms with Crippen molar-refractivity contribution in [2.75, 3.05) is 0 Å². The monoisotopic (exact) mass is 322 g/mol. The van der Waals surface area contributed by atoms with E-state index in [1.807, 2.05) is 12.1 Å². The van der Waals surface area contributed by atoms with Crippen LogP contribution in [0.3, 0.4) is 0 Å². The third-order valence-electron chi connectivity index (χ3n) is 3.43. The van der Waals surface area contributed by atoms with Crippen LogP contribution in [0.5, 0.6) is 0 Å². The molecule has 3 rings (SSSR count). The zero-order chi connectivity index (χ0) is 16.2. The zero-order valence-electron chi connectivity index (χ0n) is 12.5. The number of carbonyl (C=O) groups excluding carboxylic acids is 2. The van der Waals surface area contributed by atoms with Crippen LogP contribution in [0.4, 0.5) is 0 Å². The van der Waals surface area contributed by atoms with E-state index in [0.29, 0.717) is 16.1 Å². The van der Waals surface area contributed by atoms with Crippen LogP contribution in [-0.4, -0.2) is 21.8 Å². The van der Waals surface area contributed by atoms with Crippen LogP contribution in [0.1, 0.15) is 36.6 Å². The van der Waals surface area contributed by atoms with E-state index in [4.69, 9.17) is 0 Å². The highest BCUT2D eigenvalue weighted by atomic mass is 32.1. The minimum Gasteiger partial charge on any atom is -0.293 e. The summed E-state index contributed by atoms with van der Waals surface area (Å²) < 4.78 is 0. The highest BCUT2D eigenvalue weighted by Crippen LogP contribution is 2.27. The van der Waals surface area contributed by atoms with Gasteiger partial charge in [0, 0.05) is 11.1 Å². The SMILES string of the molecule is Cc1nnc(C(C(=O)c2ccccc2)C(=O)c2ccccc2)s1. The molecule has 4 nitrogen and oxygen atoms in total. The van der Waals surface area contributed by atoms with Gasteiger partial charge in [-0.1, -0.05) is 60.7 Å². The lowest BCUT2D eigenvalue weighted by Crippen LogP contribution is -2.22. The van der Waals surface area contributed by atoms with Gasteiger partial charge in [0.05, 0.1) is 0 Å². The maximum atomic E-state index is 12.9. The summed E-state index contributed by atoms with van der Waals surface area (Å²) >= 11 is 1.28. The first kappa shape index (κ1) is 15.2. The molecule has 0 atom stereocenters. The van der Waals surface area contributed by atoms with Crippen molar-refractivity contribution in [1.29, 1.82) is 0 Å². The molecule has 3 aromatic rings. The topological polar surface area (TPSA) is 59.9 Å². The number of nitrogens with zero attached hydrogens (tertiary/aromatic N) is 2. The Bertz CT molecular complexity index is 777. The van der Waals surface area contributed by atoms with E-state index in [1.165, 1.54) is 11.3 Å². The Morgan fingerprint density at radius 1 is 0.826 bits per heavy atom. The summed E-state index contributed by atoms with van der Waals surface area (Å²) in [6.45, 7) is 1.80.